The Hall–Kier alpha value is -3.10. The molecule has 1 aliphatic heterocycles. The molecule has 5 rings (SSSR count). The summed E-state index contributed by atoms with van der Waals surface area (Å²) in [4.78, 5) is 29.0. The van der Waals surface area contributed by atoms with Crippen LogP contribution in [0.2, 0.25) is 5.02 Å². The highest BCUT2D eigenvalue weighted by molar-refractivity contribution is 9.10. The van der Waals surface area contributed by atoms with Crippen LogP contribution in [0.25, 0.3) is 0 Å². The van der Waals surface area contributed by atoms with E-state index in [2.05, 4.69) is 15.9 Å². The fourth-order valence-electron chi connectivity index (χ4n) is 4.65. The van der Waals surface area contributed by atoms with Gasteiger partial charge in [0.05, 0.1) is 0 Å². The maximum absolute atomic E-state index is 14.0. The molecular weight excluding hydrogens is 575 g/mol. The summed E-state index contributed by atoms with van der Waals surface area (Å²) in [6, 6.07) is 19.2. The summed E-state index contributed by atoms with van der Waals surface area (Å²) in [6.45, 7) is 1.80. The van der Waals surface area contributed by atoms with E-state index in [9.17, 15) is 14.0 Å². The highest BCUT2D eigenvalue weighted by Gasteiger charge is 2.49. The lowest BCUT2D eigenvalue weighted by atomic mass is 9.95. The standard InChI is InChI=1S/C29H27BrClFN2O4/c30-22-15-21(16-24(32)17-22)29(10-11-29)19-34-27(35)9-12-33(28(34)36)18-20-1-5-25(6-2-20)37-13-14-38-26-7-3-23(31)4-8-26/h1-8,15-17H,9-14,18-19H2. The summed E-state index contributed by atoms with van der Waals surface area (Å²) in [5, 5.41) is 0.656. The zero-order valence-corrected chi connectivity index (χ0v) is 23.0. The van der Waals surface area contributed by atoms with E-state index in [1.165, 1.54) is 17.0 Å². The van der Waals surface area contributed by atoms with Crippen molar-refractivity contribution in [2.45, 2.75) is 31.2 Å². The molecule has 3 aromatic carbocycles. The van der Waals surface area contributed by atoms with Crippen molar-refractivity contribution >= 4 is 39.5 Å². The van der Waals surface area contributed by atoms with Gasteiger partial charge < -0.3 is 14.4 Å². The number of rotatable bonds is 10. The van der Waals surface area contributed by atoms with Gasteiger partial charge in [0, 0.05) is 41.0 Å². The molecule has 1 aliphatic carbocycles. The molecule has 0 radical (unpaired) electrons. The highest BCUT2D eigenvalue weighted by atomic mass is 79.9. The Balaban J connectivity index is 1.15. The largest absolute Gasteiger partial charge is 0.490 e. The second-order valence-electron chi connectivity index (χ2n) is 9.67. The quantitative estimate of drug-likeness (QED) is 0.246. The molecule has 0 atom stereocenters. The second-order valence-corrected chi connectivity index (χ2v) is 11.0. The minimum absolute atomic E-state index is 0.183. The van der Waals surface area contributed by atoms with Crippen LogP contribution in [-0.4, -0.2) is 48.0 Å². The van der Waals surface area contributed by atoms with E-state index in [0.29, 0.717) is 41.5 Å². The van der Waals surface area contributed by atoms with Crippen molar-refractivity contribution in [3.05, 3.63) is 93.2 Å². The molecule has 1 saturated carbocycles. The van der Waals surface area contributed by atoms with E-state index >= 15 is 0 Å². The second kappa shape index (κ2) is 11.3. The molecule has 0 spiro atoms. The average molecular weight is 602 g/mol. The van der Waals surface area contributed by atoms with Gasteiger partial charge in [0.2, 0.25) is 5.91 Å². The lowest BCUT2D eigenvalue weighted by Gasteiger charge is -2.36. The first-order chi connectivity index (χ1) is 18.3. The summed E-state index contributed by atoms with van der Waals surface area (Å²) < 4.78 is 26.1. The lowest BCUT2D eigenvalue weighted by molar-refractivity contribution is -0.131. The number of hydrogen-bond donors (Lipinski definition) is 0. The highest BCUT2D eigenvalue weighted by Crippen LogP contribution is 2.49. The SMILES string of the molecule is O=C1CCN(Cc2ccc(OCCOc3ccc(Cl)cc3)cc2)C(=O)N1CC1(c2cc(F)cc(Br)c2)CC1. The fourth-order valence-corrected chi connectivity index (χ4v) is 5.25. The lowest BCUT2D eigenvalue weighted by Crippen LogP contribution is -2.53. The van der Waals surface area contributed by atoms with Crippen molar-refractivity contribution < 1.29 is 23.5 Å². The molecule has 6 nitrogen and oxygen atoms in total. The average Bonchev–Trinajstić information content (AvgIpc) is 3.68. The van der Waals surface area contributed by atoms with E-state index < -0.39 is 0 Å². The Bertz CT molecular complexity index is 1290. The first-order valence-electron chi connectivity index (χ1n) is 12.5. The van der Waals surface area contributed by atoms with Crippen molar-refractivity contribution in [1.82, 2.24) is 9.80 Å². The number of ether oxygens (including phenoxy) is 2. The Labute approximate surface area is 234 Å². The van der Waals surface area contributed by atoms with E-state index in [4.69, 9.17) is 21.1 Å². The van der Waals surface area contributed by atoms with Crippen LogP contribution < -0.4 is 9.47 Å². The van der Waals surface area contributed by atoms with Gasteiger partial charge in [0.15, 0.2) is 0 Å². The predicted molar refractivity (Wildman–Crippen MR) is 146 cm³/mol. The van der Waals surface area contributed by atoms with Crippen LogP contribution >= 0.6 is 27.5 Å². The van der Waals surface area contributed by atoms with Gasteiger partial charge in [0.1, 0.15) is 30.5 Å². The maximum Gasteiger partial charge on any atom is 0.327 e. The van der Waals surface area contributed by atoms with Gasteiger partial charge in [-0.1, -0.05) is 39.7 Å². The molecule has 2 aliphatic rings. The van der Waals surface area contributed by atoms with Gasteiger partial charge in [-0.2, -0.15) is 0 Å². The van der Waals surface area contributed by atoms with Gasteiger partial charge in [-0.05, 0) is 78.6 Å². The third-order valence-corrected chi connectivity index (χ3v) is 7.63. The summed E-state index contributed by atoms with van der Waals surface area (Å²) in [7, 11) is 0. The third kappa shape index (κ3) is 6.30. The van der Waals surface area contributed by atoms with E-state index in [-0.39, 0.29) is 36.1 Å². The van der Waals surface area contributed by atoms with Gasteiger partial charge in [-0.25, -0.2) is 9.18 Å². The first-order valence-corrected chi connectivity index (χ1v) is 13.6. The molecule has 1 saturated heterocycles. The number of carbonyl (C=O) groups excluding carboxylic acids is 2. The Morgan fingerprint density at radius 1 is 0.921 bits per heavy atom. The van der Waals surface area contributed by atoms with Crippen molar-refractivity contribution in [2.24, 2.45) is 0 Å². The number of nitrogens with zero attached hydrogens (tertiary/aromatic N) is 2. The molecule has 3 aromatic rings. The Kier molecular flexibility index (Phi) is 7.91. The molecular formula is C29H27BrClFN2O4. The molecule has 198 valence electrons. The summed E-state index contributed by atoms with van der Waals surface area (Å²) in [6.07, 6.45) is 1.89. The van der Waals surface area contributed by atoms with Gasteiger partial charge in [-0.15, -0.1) is 0 Å². The Morgan fingerprint density at radius 2 is 1.55 bits per heavy atom. The van der Waals surface area contributed by atoms with E-state index in [0.717, 1.165) is 29.7 Å². The Morgan fingerprint density at radius 3 is 2.16 bits per heavy atom. The number of amides is 3. The van der Waals surface area contributed by atoms with Crippen LogP contribution in [0.1, 0.15) is 30.4 Å². The molecule has 38 heavy (non-hydrogen) atoms. The van der Waals surface area contributed by atoms with Crippen LogP contribution in [0.3, 0.4) is 0 Å². The van der Waals surface area contributed by atoms with Gasteiger partial charge >= 0.3 is 6.03 Å². The minimum atomic E-state index is -0.380. The monoisotopic (exact) mass is 600 g/mol. The number of imide groups is 1. The van der Waals surface area contributed by atoms with Gasteiger partial charge in [-0.3, -0.25) is 9.69 Å². The normalized spacial score (nSPS) is 16.5. The zero-order chi connectivity index (χ0) is 26.7. The molecule has 0 N–H and O–H groups in total. The van der Waals surface area contributed by atoms with Crippen LogP contribution in [0.4, 0.5) is 9.18 Å². The van der Waals surface area contributed by atoms with Crippen molar-refractivity contribution in [1.29, 1.82) is 0 Å². The number of urea groups is 1. The van der Waals surface area contributed by atoms with Crippen LogP contribution in [-0.2, 0) is 16.8 Å². The fraction of sp³-hybridized carbons (Fsp3) is 0.310. The number of benzene rings is 3. The summed E-state index contributed by atoms with van der Waals surface area (Å²) >= 11 is 9.23. The molecule has 0 bridgehead atoms. The zero-order valence-electron chi connectivity index (χ0n) is 20.7. The smallest absolute Gasteiger partial charge is 0.327 e. The first kappa shape index (κ1) is 26.5. The number of carbonyl (C=O) groups is 2. The molecule has 0 aromatic heterocycles. The van der Waals surface area contributed by atoms with Crippen LogP contribution in [0, 0.1) is 5.82 Å². The van der Waals surface area contributed by atoms with E-state index in [1.54, 1.807) is 29.2 Å². The molecule has 2 fully saturated rings. The number of halogens is 3. The van der Waals surface area contributed by atoms with Crippen molar-refractivity contribution in [3.63, 3.8) is 0 Å². The number of hydrogen-bond acceptors (Lipinski definition) is 4. The molecule has 3 amide bonds. The van der Waals surface area contributed by atoms with Crippen molar-refractivity contribution in [3.8, 4) is 11.5 Å². The van der Waals surface area contributed by atoms with Crippen LogP contribution in [0.15, 0.2) is 71.2 Å². The predicted octanol–water partition coefficient (Wildman–Crippen LogP) is 6.59. The topological polar surface area (TPSA) is 59.1 Å². The van der Waals surface area contributed by atoms with Crippen LogP contribution in [0.5, 0.6) is 11.5 Å². The summed E-state index contributed by atoms with van der Waals surface area (Å²) in [5.74, 6) is 0.910. The minimum Gasteiger partial charge on any atom is -0.490 e. The maximum atomic E-state index is 14.0. The molecule has 9 heteroatoms. The van der Waals surface area contributed by atoms with Crippen molar-refractivity contribution in [2.75, 3.05) is 26.3 Å². The third-order valence-electron chi connectivity index (χ3n) is 6.92. The van der Waals surface area contributed by atoms with E-state index in [1.807, 2.05) is 30.3 Å². The van der Waals surface area contributed by atoms with Gasteiger partial charge in [0.25, 0.3) is 0 Å². The molecule has 0 unspecified atom stereocenters. The molecule has 1 heterocycles. The summed E-state index contributed by atoms with van der Waals surface area (Å²) in [5.41, 5.74) is 1.37.